The molecule has 0 saturated carbocycles. The summed E-state index contributed by atoms with van der Waals surface area (Å²) in [6, 6.07) is 0. The SMILES string of the molecule is CCCNCCCS(=O)(=O)NCCOCC. The average molecular weight is 252 g/mol. The summed E-state index contributed by atoms with van der Waals surface area (Å²) in [6.45, 7) is 7.07. The van der Waals surface area contributed by atoms with Crippen molar-refractivity contribution in [2.75, 3.05) is 38.6 Å². The van der Waals surface area contributed by atoms with Gasteiger partial charge in [-0.1, -0.05) is 6.92 Å². The van der Waals surface area contributed by atoms with Gasteiger partial charge in [-0.3, -0.25) is 0 Å². The number of rotatable bonds is 11. The summed E-state index contributed by atoms with van der Waals surface area (Å²) >= 11 is 0. The summed E-state index contributed by atoms with van der Waals surface area (Å²) in [5.74, 6) is 0.176. The lowest BCUT2D eigenvalue weighted by atomic mass is 10.4. The molecule has 0 aromatic carbocycles. The van der Waals surface area contributed by atoms with E-state index in [0.717, 1.165) is 19.5 Å². The predicted octanol–water partition coefficient (Wildman–Crippen LogP) is 0.332. The summed E-state index contributed by atoms with van der Waals surface area (Å²) in [6.07, 6.45) is 1.71. The highest BCUT2D eigenvalue weighted by Crippen LogP contribution is 1.88. The van der Waals surface area contributed by atoms with E-state index in [1.54, 1.807) is 0 Å². The van der Waals surface area contributed by atoms with Gasteiger partial charge in [-0.2, -0.15) is 0 Å². The van der Waals surface area contributed by atoms with Crippen LogP contribution in [0.5, 0.6) is 0 Å². The van der Waals surface area contributed by atoms with Gasteiger partial charge < -0.3 is 10.1 Å². The predicted molar refractivity (Wildman–Crippen MR) is 66.1 cm³/mol. The van der Waals surface area contributed by atoms with Gasteiger partial charge in [0.15, 0.2) is 0 Å². The Morgan fingerprint density at radius 1 is 1.12 bits per heavy atom. The Kier molecular flexibility index (Phi) is 9.91. The zero-order valence-corrected chi connectivity index (χ0v) is 11.1. The summed E-state index contributed by atoms with van der Waals surface area (Å²) < 4.78 is 30.4. The van der Waals surface area contributed by atoms with Crippen molar-refractivity contribution in [2.24, 2.45) is 0 Å². The third kappa shape index (κ3) is 10.4. The minimum atomic E-state index is -3.12. The molecule has 0 atom stereocenters. The van der Waals surface area contributed by atoms with Crippen LogP contribution in [0.1, 0.15) is 26.7 Å². The average Bonchev–Trinajstić information content (AvgIpc) is 2.24. The first-order valence-corrected chi connectivity index (χ1v) is 7.53. The molecule has 16 heavy (non-hydrogen) atoms. The lowest BCUT2D eigenvalue weighted by Gasteiger charge is -2.07. The molecule has 0 aromatic heterocycles. The van der Waals surface area contributed by atoms with Gasteiger partial charge >= 0.3 is 0 Å². The van der Waals surface area contributed by atoms with Crippen LogP contribution < -0.4 is 10.0 Å². The summed E-state index contributed by atoms with van der Waals surface area (Å²) in [7, 11) is -3.12. The lowest BCUT2D eigenvalue weighted by Crippen LogP contribution is -2.31. The maximum atomic E-state index is 11.4. The second kappa shape index (κ2) is 10.0. The molecule has 0 aliphatic rings. The van der Waals surface area contributed by atoms with E-state index in [0.29, 0.717) is 26.2 Å². The molecule has 98 valence electrons. The van der Waals surface area contributed by atoms with Crippen molar-refractivity contribution in [1.29, 1.82) is 0 Å². The van der Waals surface area contributed by atoms with Crippen molar-refractivity contribution < 1.29 is 13.2 Å². The summed E-state index contributed by atoms with van der Waals surface area (Å²) in [5.41, 5.74) is 0. The van der Waals surface area contributed by atoms with Crippen molar-refractivity contribution in [3.8, 4) is 0 Å². The summed E-state index contributed by atoms with van der Waals surface area (Å²) in [4.78, 5) is 0. The minimum absolute atomic E-state index is 0.176. The molecule has 0 spiro atoms. The minimum Gasteiger partial charge on any atom is -0.380 e. The Morgan fingerprint density at radius 2 is 1.88 bits per heavy atom. The number of hydrogen-bond donors (Lipinski definition) is 2. The third-order valence-electron chi connectivity index (χ3n) is 1.97. The van der Waals surface area contributed by atoms with Crippen LogP contribution in [0.25, 0.3) is 0 Å². The van der Waals surface area contributed by atoms with Crippen molar-refractivity contribution in [1.82, 2.24) is 10.0 Å². The van der Waals surface area contributed by atoms with E-state index in [2.05, 4.69) is 17.0 Å². The molecule has 2 N–H and O–H groups in total. The Labute approximate surface area is 99.0 Å². The molecule has 0 rings (SSSR count). The number of nitrogens with one attached hydrogen (secondary N) is 2. The van der Waals surface area contributed by atoms with Crippen molar-refractivity contribution in [2.45, 2.75) is 26.7 Å². The van der Waals surface area contributed by atoms with Crippen LogP contribution in [0.15, 0.2) is 0 Å². The molecule has 0 aliphatic carbocycles. The van der Waals surface area contributed by atoms with Gasteiger partial charge in [0.05, 0.1) is 12.4 Å². The van der Waals surface area contributed by atoms with E-state index in [9.17, 15) is 8.42 Å². The van der Waals surface area contributed by atoms with E-state index >= 15 is 0 Å². The lowest BCUT2D eigenvalue weighted by molar-refractivity contribution is 0.153. The van der Waals surface area contributed by atoms with E-state index in [-0.39, 0.29) is 5.75 Å². The normalized spacial score (nSPS) is 11.9. The number of hydrogen-bond acceptors (Lipinski definition) is 4. The van der Waals surface area contributed by atoms with Crippen molar-refractivity contribution >= 4 is 10.0 Å². The quantitative estimate of drug-likeness (QED) is 0.520. The Bertz CT molecular complexity index is 242. The fourth-order valence-corrected chi connectivity index (χ4v) is 2.24. The molecule has 0 fully saturated rings. The first kappa shape index (κ1) is 15.8. The van der Waals surface area contributed by atoms with Crippen LogP contribution in [-0.4, -0.2) is 47.0 Å². The fourth-order valence-electron chi connectivity index (χ4n) is 1.17. The van der Waals surface area contributed by atoms with Gasteiger partial charge in [0.2, 0.25) is 10.0 Å². The van der Waals surface area contributed by atoms with Crippen LogP contribution in [0.2, 0.25) is 0 Å². The van der Waals surface area contributed by atoms with Crippen molar-refractivity contribution in [3.05, 3.63) is 0 Å². The molecular weight excluding hydrogens is 228 g/mol. The number of sulfonamides is 1. The maximum absolute atomic E-state index is 11.4. The van der Waals surface area contributed by atoms with Crippen LogP contribution in [0, 0.1) is 0 Å². The van der Waals surface area contributed by atoms with Gasteiger partial charge in [0, 0.05) is 13.2 Å². The fraction of sp³-hybridized carbons (Fsp3) is 1.00. The van der Waals surface area contributed by atoms with Gasteiger partial charge in [-0.15, -0.1) is 0 Å². The van der Waals surface area contributed by atoms with Crippen LogP contribution in [0.4, 0.5) is 0 Å². The summed E-state index contributed by atoms with van der Waals surface area (Å²) in [5, 5.41) is 3.17. The Balaban J connectivity index is 3.47. The maximum Gasteiger partial charge on any atom is 0.211 e. The molecule has 0 radical (unpaired) electrons. The monoisotopic (exact) mass is 252 g/mol. The standard InChI is InChI=1S/C10H24N2O3S/c1-3-6-11-7-5-10-16(13,14)12-8-9-15-4-2/h11-12H,3-10H2,1-2H3. The van der Waals surface area contributed by atoms with Crippen LogP contribution in [0.3, 0.4) is 0 Å². The van der Waals surface area contributed by atoms with Gasteiger partial charge in [0.1, 0.15) is 0 Å². The molecule has 0 bridgehead atoms. The van der Waals surface area contributed by atoms with Crippen LogP contribution in [-0.2, 0) is 14.8 Å². The Morgan fingerprint density at radius 3 is 2.50 bits per heavy atom. The van der Waals surface area contributed by atoms with Gasteiger partial charge in [0.25, 0.3) is 0 Å². The highest BCUT2D eigenvalue weighted by Gasteiger charge is 2.08. The molecule has 0 unspecified atom stereocenters. The second-order valence-corrected chi connectivity index (χ2v) is 5.44. The van der Waals surface area contributed by atoms with E-state index in [4.69, 9.17) is 4.74 Å². The molecular formula is C10H24N2O3S. The second-order valence-electron chi connectivity index (χ2n) is 3.51. The molecule has 0 saturated heterocycles. The number of ether oxygens (including phenoxy) is 1. The smallest absolute Gasteiger partial charge is 0.211 e. The highest BCUT2D eigenvalue weighted by atomic mass is 32.2. The van der Waals surface area contributed by atoms with E-state index in [1.807, 2.05) is 6.92 Å². The van der Waals surface area contributed by atoms with Crippen molar-refractivity contribution in [3.63, 3.8) is 0 Å². The zero-order chi connectivity index (χ0) is 12.3. The largest absolute Gasteiger partial charge is 0.380 e. The van der Waals surface area contributed by atoms with E-state index in [1.165, 1.54) is 0 Å². The first-order valence-electron chi connectivity index (χ1n) is 5.88. The zero-order valence-electron chi connectivity index (χ0n) is 10.3. The molecule has 0 aliphatic heterocycles. The molecule has 0 amide bonds. The van der Waals surface area contributed by atoms with Crippen LogP contribution >= 0.6 is 0 Å². The highest BCUT2D eigenvalue weighted by molar-refractivity contribution is 7.89. The third-order valence-corrected chi connectivity index (χ3v) is 3.44. The van der Waals surface area contributed by atoms with Gasteiger partial charge in [-0.05, 0) is 32.9 Å². The molecule has 6 heteroatoms. The topological polar surface area (TPSA) is 67.4 Å². The van der Waals surface area contributed by atoms with Gasteiger partial charge in [-0.25, -0.2) is 13.1 Å². The molecule has 0 aromatic rings. The Hall–Kier alpha value is -0.170. The molecule has 5 nitrogen and oxygen atoms in total. The van der Waals surface area contributed by atoms with E-state index < -0.39 is 10.0 Å². The molecule has 0 heterocycles. The first-order chi connectivity index (χ1) is 7.62.